The third kappa shape index (κ3) is 2.51. The molecule has 0 amide bonds. The maximum Gasteiger partial charge on any atom is 0.0720 e. The Bertz CT molecular complexity index is 340. The van der Waals surface area contributed by atoms with Gasteiger partial charge in [0, 0.05) is 6.04 Å². The van der Waals surface area contributed by atoms with Crippen molar-refractivity contribution in [2.45, 2.75) is 26.5 Å². The molecule has 0 fully saturated rings. The van der Waals surface area contributed by atoms with Crippen molar-refractivity contribution in [3.05, 3.63) is 34.9 Å². The second-order valence-corrected chi connectivity index (χ2v) is 4.22. The van der Waals surface area contributed by atoms with E-state index in [0.29, 0.717) is 12.5 Å². The molecule has 0 aliphatic carbocycles. The van der Waals surface area contributed by atoms with Gasteiger partial charge in [0.05, 0.1) is 13.2 Å². The first-order valence-electron chi connectivity index (χ1n) is 5.11. The molecule has 0 spiro atoms. The number of nitrogens with two attached hydrogens (primary N) is 1. The van der Waals surface area contributed by atoms with Gasteiger partial charge in [0.2, 0.25) is 0 Å². The van der Waals surface area contributed by atoms with Gasteiger partial charge >= 0.3 is 0 Å². The molecule has 2 rings (SSSR count). The molecule has 1 aromatic rings. The summed E-state index contributed by atoms with van der Waals surface area (Å²) in [6.45, 7) is 5.70. The largest absolute Gasteiger partial charge is 0.376 e. The Morgan fingerprint density at radius 1 is 1.40 bits per heavy atom. The first-order valence-corrected chi connectivity index (χ1v) is 5.11. The maximum absolute atomic E-state index is 6.18. The fourth-order valence-corrected chi connectivity index (χ4v) is 1.92. The summed E-state index contributed by atoms with van der Waals surface area (Å²) in [5.41, 5.74) is 9.95. The van der Waals surface area contributed by atoms with Crippen LogP contribution in [0.1, 0.15) is 29.7 Å². The summed E-state index contributed by atoms with van der Waals surface area (Å²) in [6.07, 6.45) is 0. The fraction of sp³-hybridized carbons (Fsp3) is 0.500. The van der Waals surface area contributed by atoms with Crippen molar-refractivity contribution in [3.8, 4) is 0 Å². The summed E-state index contributed by atoms with van der Waals surface area (Å²) < 4.78 is 5.56. The topological polar surface area (TPSA) is 35.2 Å². The summed E-state index contributed by atoms with van der Waals surface area (Å²) in [5, 5.41) is 0. The van der Waals surface area contributed by atoms with Crippen LogP contribution in [-0.4, -0.2) is 6.61 Å². The van der Waals surface area contributed by atoms with Crippen molar-refractivity contribution in [1.29, 1.82) is 0 Å². The van der Waals surface area contributed by atoms with Crippen molar-refractivity contribution in [2.24, 2.45) is 11.7 Å². The third-order valence-electron chi connectivity index (χ3n) is 2.91. The van der Waals surface area contributed by atoms with Crippen LogP contribution in [0.15, 0.2) is 18.2 Å². The van der Waals surface area contributed by atoms with Crippen molar-refractivity contribution >= 4 is 12.4 Å². The van der Waals surface area contributed by atoms with E-state index in [2.05, 4.69) is 32.0 Å². The molecule has 3 heteroatoms. The van der Waals surface area contributed by atoms with Crippen molar-refractivity contribution in [1.82, 2.24) is 0 Å². The molecular formula is C12H18ClNO. The van der Waals surface area contributed by atoms with Gasteiger partial charge in [-0.2, -0.15) is 0 Å². The fourth-order valence-electron chi connectivity index (χ4n) is 1.92. The second-order valence-electron chi connectivity index (χ2n) is 4.22. The number of halogens is 1. The van der Waals surface area contributed by atoms with Gasteiger partial charge in [0.1, 0.15) is 0 Å². The predicted octanol–water partition coefficient (Wildman–Crippen LogP) is 2.58. The molecule has 1 heterocycles. The molecule has 1 aliphatic rings. The molecule has 15 heavy (non-hydrogen) atoms. The van der Waals surface area contributed by atoms with Crippen molar-refractivity contribution in [2.75, 3.05) is 6.61 Å². The Morgan fingerprint density at radius 3 is 2.87 bits per heavy atom. The summed E-state index contributed by atoms with van der Waals surface area (Å²) in [4.78, 5) is 0. The van der Waals surface area contributed by atoms with E-state index in [1.807, 2.05) is 0 Å². The average molecular weight is 228 g/mol. The van der Waals surface area contributed by atoms with E-state index in [9.17, 15) is 0 Å². The van der Waals surface area contributed by atoms with E-state index >= 15 is 0 Å². The highest BCUT2D eigenvalue weighted by molar-refractivity contribution is 5.85. The highest BCUT2D eigenvalue weighted by Gasteiger charge is 2.21. The SMILES string of the molecule is Cc1ccc2c(c1)[C@H](N)[C@H](C)COC2.Cl. The lowest BCUT2D eigenvalue weighted by Gasteiger charge is -2.18. The van der Waals surface area contributed by atoms with Crippen molar-refractivity contribution in [3.63, 3.8) is 0 Å². The number of hydrogen-bond acceptors (Lipinski definition) is 2. The van der Waals surface area contributed by atoms with Crippen LogP contribution in [0.3, 0.4) is 0 Å². The summed E-state index contributed by atoms with van der Waals surface area (Å²) in [5.74, 6) is 0.401. The molecule has 0 radical (unpaired) electrons. The minimum atomic E-state index is 0. The molecule has 0 bridgehead atoms. The van der Waals surface area contributed by atoms with Crippen LogP contribution >= 0.6 is 12.4 Å². The van der Waals surface area contributed by atoms with Gasteiger partial charge in [-0.15, -0.1) is 12.4 Å². The smallest absolute Gasteiger partial charge is 0.0720 e. The van der Waals surface area contributed by atoms with Crippen molar-refractivity contribution < 1.29 is 4.74 Å². The van der Waals surface area contributed by atoms with Gasteiger partial charge in [-0.25, -0.2) is 0 Å². The molecule has 0 saturated carbocycles. The van der Waals surface area contributed by atoms with Crippen LogP contribution < -0.4 is 5.73 Å². The third-order valence-corrected chi connectivity index (χ3v) is 2.91. The second kappa shape index (κ2) is 4.97. The van der Waals surface area contributed by atoms with Crippen LogP contribution in [0.5, 0.6) is 0 Å². The molecular weight excluding hydrogens is 210 g/mol. The van der Waals surface area contributed by atoms with Gasteiger partial charge in [-0.05, 0) is 24.0 Å². The number of benzene rings is 1. The summed E-state index contributed by atoms with van der Waals surface area (Å²) in [6, 6.07) is 6.55. The van der Waals surface area contributed by atoms with Crippen LogP contribution in [-0.2, 0) is 11.3 Å². The first-order chi connectivity index (χ1) is 6.68. The normalized spacial score (nSPS) is 25.0. The van der Waals surface area contributed by atoms with E-state index < -0.39 is 0 Å². The minimum absolute atomic E-state index is 0. The molecule has 84 valence electrons. The van der Waals surface area contributed by atoms with Gasteiger partial charge in [-0.3, -0.25) is 0 Å². The Balaban J connectivity index is 0.00000112. The lowest BCUT2D eigenvalue weighted by atomic mass is 9.92. The monoisotopic (exact) mass is 227 g/mol. The Labute approximate surface area is 97.2 Å². The van der Waals surface area contributed by atoms with E-state index in [1.165, 1.54) is 16.7 Å². The van der Waals surface area contributed by atoms with E-state index in [1.54, 1.807) is 0 Å². The molecule has 1 aliphatic heterocycles. The number of hydrogen-bond donors (Lipinski definition) is 1. The molecule has 1 aromatic carbocycles. The summed E-state index contributed by atoms with van der Waals surface area (Å²) >= 11 is 0. The zero-order chi connectivity index (χ0) is 10.1. The molecule has 0 aromatic heterocycles. The highest BCUT2D eigenvalue weighted by atomic mass is 35.5. The number of fused-ring (bicyclic) bond motifs is 1. The minimum Gasteiger partial charge on any atom is -0.376 e. The highest BCUT2D eigenvalue weighted by Crippen LogP contribution is 2.28. The average Bonchev–Trinajstić information content (AvgIpc) is 2.30. The maximum atomic E-state index is 6.18. The van der Waals surface area contributed by atoms with Gasteiger partial charge in [0.15, 0.2) is 0 Å². The van der Waals surface area contributed by atoms with Gasteiger partial charge in [0.25, 0.3) is 0 Å². The lowest BCUT2D eigenvalue weighted by Crippen LogP contribution is -2.21. The van der Waals surface area contributed by atoms with E-state index in [-0.39, 0.29) is 18.4 Å². The Kier molecular flexibility index (Phi) is 4.14. The number of rotatable bonds is 0. The lowest BCUT2D eigenvalue weighted by molar-refractivity contribution is 0.0941. The molecule has 2 nitrogen and oxygen atoms in total. The molecule has 2 atom stereocenters. The quantitative estimate of drug-likeness (QED) is 0.740. The Hall–Kier alpha value is -0.570. The zero-order valence-corrected chi connectivity index (χ0v) is 10.0. The predicted molar refractivity (Wildman–Crippen MR) is 64.2 cm³/mol. The molecule has 0 saturated heterocycles. The zero-order valence-electron chi connectivity index (χ0n) is 9.19. The van der Waals surface area contributed by atoms with Gasteiger partial charge < -0.3 is 10.5 Å². The van der Waals surface area contributed by atoms with Crippen LogP contribution in [0.25, 0.3) is 0 Å². The molecule has 2 N–H and O–H groups in total. The number of aryl methyl sites for hydroxylation is 1. The van der Waals surface area contributed by atoms with Crippen LogP contribution in [0.2, 0.25) is 0 Å². The number of ether oxygens (including phenoxy) is 1. The van der Waals surface area contributed by atoms with Crippen LogP contribution in [0, 0.1) is 12.8 Å². The Morgan fingerprint density at radius 2 is 2.13 bits per heavy atom. The standard InChI is InChI=1S/C12H17NO.ClH/c1-8-3-4-10-7-14-6-9(2)12(13)11(10)5-8;/h3-5,9,12H,6-7,13H2,1-2H3;1H/t9-,12-;/m1./s1. The molecule has 0 unspecified atom stereocenters. The van der Waals surface area contributed by atoms with Crippen LogP contribution in [0.4, 0.5) is 0 Å². The first kappa shape index (κ1) is 12.5. The van der Waals surface area contributed by atoms with E-state index in [0.717, 1.165) is 6.61 Å². The van der Waals surface area contributed by atoms with Gasteiger partial charge in [-0.1, -0.05) is 30.7 Å². The van der Waals surface area contributed by atoms with E-state index in [4.69, 9.17) is 10.5 Å². The summed E-state index contributed by atoms with van der Waals surface area (Å²) in [7, 11) is 0.